The zero-order valence-electron chi connectivity index (χ0n) is 17.5. The standard InChI is InChI=1S/C26H23NO3/c1-16(2)23-24(26(29)30-25(23)28)17(3)21-15-22(19-11-7-5-8-12-19)27(18(21)4)20-13-9-6-10-14-20/h5-15H,1-4H3/b24-17-. The van der Waals surface area contributed by atoms with Gasteiger partial charge in [0.25, 0.3) is 0 Å². The van der Waals surface area contributed by atoms with Crippen molar-refractivity contribution in [3.05, 3.63) is 94.7 Å². The first kappa shape index (κ1) is 19.6. The van der Waals surface area contributed by atoms with Gasteiger partial charge in [0, 0.05) is 11.4 Å². The highest BCUT2D eigenvalue weighted by Gasteiger charge is 2.36. The summed E-state index contributed by atoms with van der Waals surface area (Å²) in [5.74, 6) is -1.15. The molecule has 1 aromatic heterocycles. The van der Waals surface area contributed by atoms with Gasteiger partial charge in [-0.1, -0.05) is 54.1 Å². The fraction of sp³-hybridized carbons (Fsp3) is 0.154. The molecule has 0 unspecified atom stereocenters. The second kappa shape index (κ2) is 7.64. The van der Waals surface area contributed by atoms with E-state index in [1.807, 2.05) is 64.1 Å². The second-order valence-corrected chi connectivity index (χ2v) is 7.62. The van der Waals surface area contributed by atoms with Crippen molar-refractivity contribution in [3.8, 4) is 16.9 Å². The highest BCUT2D eigenvalue weighted by atomic mass is 16.6. The summed E-state index contributed by atoms with van der Waals surface area (Å²) < 4.78 is 7.12. The number of para-hydroxylation sites is 1. The maximum atomic E-state index is 12.5. The van der Waals surface area contributed by atoms with Crippen molar-refractivity contribution in [2.45, 2.75) is 27.7 Å². The van der Waals surface area contributed by atoms with Crippen molar-refractivity contribution in [1.82, 2.24) is 4.57 Å². The van der Waals surface area contributed by atoms with Gasteiger partial charge in [-0.15, -0.1) is 0 Å². The highest BCUT2D eigenvalue weighted by molar-refractivity contribution is 6.22. The van der Waals surface area contributed by atoms with Gasteiger partial charge in [-0.25, -0.2) is 9.59 Å². The van der Waals surface area contributed by atoms with E-state index in [2.05, 4.69) is 34.9 Å². The Morgan fingerprint density at radius 2 is 1.37 bits per heavy atom. The lowest BCUT2D eigenvalue weighted by molar-refractivity contribution is -0.149. The average Bonchev–Trinajstić information content (AvgIpc) is 3.24. The number of esters is 2. The molecule has 1 saturated heterocycles. The number of benzene rings is 2. The molecule has 1 aliphatic heterocycles. The second-order valence-electron chi connectivity index (χ2n) is 7.62. The number of carbonyl (C=O) groups is 2. The number of nitrogens with zero attached hydrogens (tertiary/aromatic N) is 1. The lowest BCUT2D eigenvalue weighted by Crippen LogP contribution is -2.02. The van der Waals surface area contributed by atoms with E-state index in [1.54, 1.807) is 0 Å². The van der Waals surface area contributed by atoms with E-state index in [4.69, 9.17) is 4.74 Å². The van der Waals surface area contributed by atoms with Gasteiger partial charge in [0.15, 0.2) is 0 Å². The number of ether oxygens (including phenoxy) is 1. The Bertz CT molecular complexity index is 1210. The third kappa shape index (κ3) is 3.20. The van der Waals surface area contributed by atoms with Crippen LogP contribution in [0.1, 0.15) is 32.0 Å². The quantitative estimate of drug-likeness (QED) is 0.326. The van der Waals surface area contributed by atoms with E-state index in [1.165, 1.54) is 0 Å². The molecule has 150 valence electrons. The molecule has 0 bridgehead atoms. The van der Waals surface area contributed by atoms with Crippen molar-refractivity contribution >= 4 is 17.5 Å². The van der Waals surface area contributed by atoms with Crippen LogP contribution in [0.4, 0.5) is 0 Å². The molecular formula is C26H23NO3. The van der Waals surface area contributed by atoms with Gasteiger partial charge in [-0.3, -0.25) is 0 Å². The number of allylic oxidation sites excluding steroid dienone is 2. The Balaban J connectivity index is 2.01. The summed E-state index contributed by atoms with van der Waals surface area (Å²) in [5, 5.41) is 0. The van der Waals surface area contributed by atoms with Gasteiger partial charge in [0.2, 0.25) is 0 Å². The first-order chi connectivity index (χ1) is 14.4. The first-order valence-corrected chi connectivity index (χ1v) is 9.89. The van der Waals surface area contributed by atoms with Gasteiger partial charge < -0.3 is 9.30 Å². The number of hydrogen-bond donors (Lipinski definition) is 0. The fourth-order valence-corrected chi connectivity index (χ4v) is 4.04. The number of rotatable bonds is 3. The van der Waals surface area contributed by atoms with E-state index in [0.29, 0.717) is 11.1 Å². The van der Waals surface area contributed by atoms with Crippen LogP contribution < -0.4 is 0 Å². The van der Waals surface area contributed by atoms with Crippen molar-refractivity contribution in [2.24, 2.45) is 0 Å². The maximum Gasteiger partial charge on any atom is 0.347 e. The molecule has 4 heteroatoms. The van der Waals surface area contributed by atoms with Crippen molar-refractivity contribution in [1.29, 1.82) is 0 Å². The van der Waals surface area contributed by atoms with E-state index in [0.717, 1.165) is 39.3 Å². The monoisotopic (exact) mass is 397 g/mol. The molecule has 3 aromatic rings. The summed E-state index contributed by atoms with van der Waals surface area (Å²) in [6, 6.07) is 22.3. The highest BCUT2D eigenvalue weighted by Crippen LogP contribution is 2.37. The molecule has 2 aromatic carbocycles. The smallest absolute Gasteiger partial charge is 0.347 e. The van der Waals surface area contributed by atoms with E-state index >= 15 is 0 Å². The molecule has 0 spiro atoms. The SMILES string of the molecule is CC(C)=C1C(=O)OC(=O)/C1=C(/C)c1cc(-c2ccccc2)n(-c2ccccc2)c1C. The molecular weight excluding hydrogens is 374 g/mol. The van der Waals surface area contributed by atoms with Gasteiger partial charge in [-0.2, -0.15) is 0 Å². The zero-order chi connectivity index (χ0) is 21.4. The predicted molar refractivity (Wildman–Crippen MR) is 118 cm³/mol. The minimum absolute atomic E-state index is 0.355. The van der Waals surface area contributed by atoms with Crippen molar-refractivity contribution < 1.29 is 14.3 Å². The summed E-state index contributed by atoms with van der Waals surface area (Å²) in [5.41, 5.74) is 7.26. The number of aromatic nitrogens is 1. The van der Waals surface area contributed by atoms with Crippen LogP contribution in [0, 0.1) is 6.92 Å². The summed E-state index contributed by atoms with van der Waals surface area (Å²) >= 11 is 0. The van der Waals surface area contributed by atoms with Crippen molar-refractivity contribution in [2.75, 3.05) is 0 Å². The van der Waals surface area contributed by atoms with Crippen LogP contribution in [0.15, 0.2) is 83.4 Å². The molecule has 4 rings (SSSR count). The van der Waals surface area contributed by atoms with Gasteiger partial charge in [0.05, 0.1) is 16.8 Å². The van der Waals surface area contributed by atoms with Crippen LogP contribution in [0.3, 0.4) is 0 Å². The minimum atomic E-state index is -0.582. The predicted octanol–water partition coefficient (Wildman–Crippen LogP) is 5.65. The number of carbonyl (C=O) groups excluding carboxylic acids is 2. The van der Waals surface area contributed by atoms with Crippen LogP contribution in [0.2, 0.25) is 0 Å². The minimum Gasteiger partial charge on any atom is -0.386 e. The van der Waals surface area contributed by atoms with Crippen LogP contribution in [-0.2, 0) is 14.3 Å². The summed E-state index contributed by atoms with van der Waals surface area (Å²) in [4.78, 5) is 24.7. The molecule has 0 saturated carbocycles. The molecule has 0 amide bonds. The Kier molecular flexibility index (Phi) is 5.00. The summed E-state index contributed by atoms with van der Waals surface area (Å²) in [7, 11) is 0. The first-order valence-electron chi connectivity index (χ1n) is 9.89. The van der Waals surface area contributed by atoms with Crippen LogP contribution in [-0.4, -0.2) is 16.5 Å². The topological polar surface area (TPSA) is 48.3 Å². The molecule has 0 aliphatic carbocycles. The van der Waals surface area contributed by atoms with E-state index in [-0.39, 0.29) is 0 Å². The lowest BCUT2D eigenvalue weighted by atomic mass is 9.94. The Hall–Kier alpha value is -3.66. The lowest BCUT2D eigenvalue weighted by Gasteiger charge is -2.12. The molecule has 0 atom stereocenters. The third-order valence-corrected chi connectivity index (χ3v) is 5.45. The molecule has 1 aliphatic rings. The third-order valence-electron chi connectivity index (χ3n) is 5.45. The molecule has 0 radical (unpaired) electrons. The van der Waals surface area contributed by atoms with Crippen LogP contribution in [0.25, 0.3) is 22.5 Å². The van der Waals surface area contributed by atoms with Gasteiger partial charge >= 0.3 is 11.9 Å². The zero-order valence-corrected chi connectivity index (χ0v) is 17.5. The molecule has 1 fully saturated rings. The maximum absolute atomic E-state index is 12.5. The van der Waals surface area contributed by atoms with Crippen molar-refractivity contribution in [3.63, 3.8) is 0 Å². The van der Waals surface area contributed by atoms with E-state index in [9.17, 15) is 9.59 Å². The number of cyclic esters (lactones) is 2. The van der Waals surface area contributed by atoms with Crippen LogP contribution in [0.5, 0.6) is 0 Å². The molecule has 4 nitrogen and oxygen atoms in total. The fourth-order valence-electron chi connectivity index (χ4n) is 4.04. The largest absolute Gasteiger partial charge is 0.386 e. The summed E-state index contributed by atoms with van der Waals surface area (Å²) in [6.07, 6.45) is 0. The number of hydrogen-bond acceptors (Lipinski definition) is 3. The van der Waals surface area contributed by atoms with Crippen LogP contribution >= 0.6 is 0 Å². The van der Waals surface area contributed by atoms with E-state index < -0.39 is 11.9 Å². The Morgan fingerprint density at radius 1 is 0.800 bits per heavy atom. The summed E-state index contributed by atoms with van der Waals surface area (Å²) in [6.45, 7) is 7.55. The Labute approximate surface area is 176 Å². The van der Waals surface area contributed by atoms with Gasteiger partial charge in [-0.05, 0) is 62.6 Å². The normalized spacial score (nSPS) is 15.4. The van der Waals surface area contributed by atoms with Gasteiger partial charge in [0.1, 0.15) is 0 Å². The molecule has 30 heavy (non-hydrogen) atoms. The molecule has 2 heterocycles. The average molecular weight is 397 g/mol. The Morgan fingerprint density at radius 3 is 1.97 bits per heavy atom. The molecule has 0 N–H and O–H groups in total.